The van der Waals surface area contributed by atoms with E-state index in [0.29, 0.717) is 25.5 Å². The summed E-state index contributed by atoms with van der Waals surface area (Å²) in [7, 11) is -1.95. The van der Waals surface area contributed by atoms with Gasteiger partial charge in [0.2, 0.25) is 5.09 Å². The first-order chi connectivity index (χ1) is 10.1. The van der Waals surface area contributed by atoms with Crippen LogP contribution < -0.4 is 5.32 Å². The van der Waals surface area contributed by atoms with Crippen LogP contribution in [0, 0.1) is 0 Å². The van der Waals surface area contributed by atoms with E-state index in [1.165, 1.54) is 10.4 Å². The first-order valence-electron chi connectivity index (χ1n) is 7.41. The molecule has 2 rings (SSSR count). The Balaban J connectivity index is 2.04. The highest BCUT2D eigenvalue weighted by Gasteiger charge is 2.31. The van der Waals surface area contributed by atoms with Crippen LogP contribution in [-0.4, -0.2) is 45.6 Å². The van der Waals surface area contributed by atoms with Crippen molar-refractivity contribution >= 4 is 10.0 Å². The van der Waals surface area contributed by atoms with Crippen molar-refractivity contribution in [1.82, 2.24) is 9.62 Å². The van der Waals surface area contributed by atoms with Gasteiger partial charge in [-0.05, 0) is 37.9 Å². The van der Waals surface area contributed by atoms with Crippen LogP contribution in [0.2, 0.25) is 0 Å². The standard InChI is InChI=1S/C14H24N2O4S/c1-3-8-15-11-13-4-5-14(20-13)21(17,18)16(2)12-6-9-19-10-7-12/h4-5,12,15H,3,6-11H2,1-2H3. The Morgan fingerprint density at radius 1 is 1.33 bits per heavy atom. The Bertz CT molecular complexity index is 535. The predicted octanol–water partition coefficient (Wildman–Crippen LogP) is 1.58. The third-order valence-corrected chi connectivity index (χ3v) is 5.49. The molecule has 1 aromatic heterocycles. The number of hydrogen-bond donors (Lipinski definition) is 1. The SMILES string of the molecule is CCCNCc1ccc(S(=O)(=O)N(C)C2CCOCC2)o1. The Morgan fingerprint density at radius 3 is 2.71 bits per heavy atom. The summed E-state index contributed by atoms with van der Waals surface area (Å²) in [6.07, 6.45) is 2.47. The number of furan rings is 1. The van der Waals surface area contributed by atoms with Gasteiger partial charge in [0.05, 0.1) is 6.54 Å². The summed E-state index contributed by atoms with van der Waals surface area (Å²) in [6.45, 7) is 4.71. The molecule has 0 spiro atoms. The molecule has 1 saturated heterocycles. The van der Waals surface area contributed by atoms with E-state index in [1.807, 2.05) is 0 Å². The molecule has 120 valence electrons. The number of nitrogens with zero attached hydrogens (tertiary/aromatic N) is 1. The van der Waals surface area contributed by atoms with Crippen LogP contribution in [0.1, 0.15) is 31.9 Å². The molecule has 0 aliphatic carbocycles. The van der Waals surface area contributed by atoms with Crippen molar-refractivity contribution in [2.24, 2.45) is 0 Å². The molecule has 21 heavy (non-hydrogen) atoms. The minimum Gasteiger partial charge on any atom is -0.447 e. The number of rotatable bonds is 7. The van der Waals surface area contributed by atoms with Gasteiger partial charge in [-0.15, -0.1) is 0 Å². The molecule has 0 amide bonds. The molecular formula is C14H24N2O4S. The average Bonchev–Trinajstić information content (AvgIpc) is 2.97. The van der Waals surface area contributed by atoms with E-state index in [9.17, 15) is 8.42 Å². The molecule has 1 N–H and O–H groups in total. The highest BCUT2D eigenvalue weighted by atomic mass is 32.2. The summed E-state index contributed by atoms with van der Waals surface area (Å²) in [5.74, 6) is 0.641. The van der Waals surface area contributed by atoms with Crippen molar-refractivity contribution in [2.75, 3.05) is 26.8 Å². The van der Waals surface area contributed by atoms with E-state index < -0.39 is 10.0 Å². The van der Waals surface area contributed by atoms with Gasteiger partial charge in [-0.1, -0.05) is 6.92 Å². The highest BCUT2D eigenvalue weighted by molar-refractivity contribution is 7.89. The van der Waals surface area contributed by atoms with Gasteiger partial charge >= 0.3 is 0 Å². The van der Waals surface area contributed by atoms with Gasteiger partial charge in [-0.3, -0.25) is 0 Å². The van der Waals surface area contributed by atoms with Gasteiger partial charge in [0.15, 0.2) is 0 Å². The van der Waals surface area contributed by atoms with E-state index in [1.54, 1.807) is 13.1 Å². The number of sulfonamides is 1. The molecule has 1 aromatic rings. The van der Waals surface area contributed by atoms with E-state index in [-0.39, 0.29) is 11.1 Å². The summed E-state index contributed by atoms with van der Waals surface area (Å²) in [4.78, 5) is 0. The number of ether oxygens (including phenoxy) is 1. The maximum Gasteiger partial charge on any atom is 0.276 e. The van der Waals surface area contributed by atoms with Crippen molar-refractivity contribution < 1.29 is 17.6 Å². The third kappa shape index (κ3) is 4.06. The lowest BCUT2D eigenvalue weighted by molar-refractivity contribution is 0.0628. The van der Waals surface area contributed by atoms with Crippen LogP contribution in [0.5, 0.6) is 0 Å². The first kappa shape index (κ1) is 16.5. The van der Waals surface area contributed by atoms with Gasteiger partial charge < -0.3 is 14.5 Å². The topological polar surface area (TPSA) is 71.8 Å². The van der Waals surface area contributed by atoms with Gasteiger partial charge in [-0.2, -0.15) is 4.31 Å². The van der Waals surface area contributed by atoms with Crippen LogP contribution >= 0.6 is 0 Å². The molecule has 0 unspecified atom stereocenters. The van der Waals surface area contributed by atoms with Crippen LogP contribution in [0.3, 0.4) is 0 Å². The van der Waals surface area contributed by atoms with E-state index in [0.717, 1.165) is 25.8 Å². The predicted molar refractivity (Wildman–Crippen MR) is 79.5 cm³/mol. The summed E-state index contributed by atoms with van der Waals surface area (Å²) in [5.41, 5.74) is 0. The minimum atomic E-state index is -3.57. The number of hydrogen-bond acceptors (Lipinski definition) is 5. The molecule has 0 atom stereocenters. The van der Waals surface area contributed by atoms with Crippen LogP contribution in [0.25, 0.3) is 0 Å². The van der Waals surface area contributed by atoms with Crippen LogP contribution in [0.4, 0.5) is 0 Å². The quantitative estimate of drug-likeness (QED) is 0.773. The fourth-order valence-corrected chi connectivity index (χ4v) is 3.71. The second-order valence-electron chi connectivity index (χ2n) is 5.26. The van der Waals surface area contributed by atoms with E-state index in [2.05, 4.69) is 12.2 Å². The first-order valence-corrected chi connectivity index (χ1v) is 8.85. The lowest BCUT2D eigenvalue weighted by atomic mass is 10.1. The summed E-state index contributed by atoms with van der Waals surface area (Å²) in [5, 5.41) is 3.21. The zero-order valence-corrected chi connectivity index (χ0v) is 13.5. The monoisotopic (exact) mass is 316 g/mol. The van der Waals surface area contributed by atoms with Crippen molar-refractivity contribution in [3.63, 3.8) is 0 Å². The molecule has 1 aliphatic heterocycles. The zero-order chi connectivity index (χ0) is 15.3. The Kier molecular flexibility index (Phi) is 5.80. The molecule has 1 fully saturated rings. The second kappa shape index (κ2) is 7.40. The van der Waals surface area contributed by atoms with Gasteiger partial charge in [-0.25, -0.2) is 8.42 Å². The van der Waals surface area contributed by atoms with Crippen molar-refractivity contribution in [3.8, 4) is 0 Å². The third-order valence-electron chi connectivity index (χ3n) is 3.70. The normalized spacial score (nSPS) is 17.5. The van der Waals surface area contributed by atoms with Crippen LogP contribution in [0.15, 0.2) is 21.6 Å². The molecule has 2 heterocycles. The second-order valence-corrected chi connectivity index (χ2v) is 7.19. The maximum atomic E-state index is 12.5. The molecular weight excluding hydrogens is 292 g/mol. The fourth-order valence-electron chi connectivity index (χ4n) is 2.37. The molecule has 0 aromatic carbocycles. The van der Waals surface area contributed by atoms with E-state index in [4.69, 9.17) is 9.15 Å². The smallest absolute Gasteiger partial charge is 0.276 e. The molecule has 0 saturated carbocycles. The zero-order valence-electron chi connectivity index (χ0n) is 12.7. The number of nitrogens with one attached hydrogen (secondary N) is 1. The molecule has 0 radical (unpaired) electrons. The molecule has 0 bridgehead atoms. The van der Waals surface area contributed by atoms with Crippen molar-refractivity contribution in [2.45, 2.75) is 43.9 Å². The maximum absolute atomic E-state index is 12.5. The molecule has 7 heteroatoms. The average molecular weight is 316 g/mol. The van der Waals surface area contributed by atoms with Gasteiger partial charge in [0, 0.05) is 26.3 Å². The van der Waals surface area contributed by atoms with Crippen molar-refractivity contribution in [3.05, 3.63) is 17.9 Å². The fraction of sp³-hybridized carbons (Fsp3) is 0.714. The van der Waals surface area contributed by atoms with Crippen molar-refractivity contribution in [1.29, 1.82) is 0 Å². The summed E-state index contributed by atoms with van der Waals surface area (Å²) < 4.78 is 37.3. The van der Waals surface area contributed by atoms with E-state index >= 15 is 0 Å². The Morgan fingerprint density at radius 2 is 2.05 bits per heavy atom. The lowest BCUT2D eigenvalue weighted by Gasteiger charge is -2.29. The summed E-state index contributed by atoms with van der Waals surface area (Å²) >= 11 is 0. The highest BCUT2D eigenvalue weighted by Crippen LogP contribution is 2.23. The van der Waals surface area contributed by atoms with Crippen LogP contribution in [-0.2, 0) is 21.3 Å². The van der Waals surface area contributed by atoms with Gasteiger partial charge in [0.1, 0.15) is 5.76 Å². The lowest BCUT2D eigenvalue weighted by Crippen LogP contribution is -2.40. The minimum absolute atomic E-state index is 0.0180. The molecule has 1 aliphatic rings. The van der Waals surface area contributed by atoms with Gasteiger partial charge in [0.25, 0.3) is 10.0 Å². The Hall–Kier alpha value is -0.890. The molecule has 6 nitrogen and oxygen atoms in total. The largest absolute Gasteiger partial charge is 0.447 e. The summed E-state index contributed by atoms with van der Waals surface area (Å²) in [6, 6.07) is 3.23. The Labute approximate surface area is 126 Å².